The molecule has 0 aliphatic carbocycles. The summed E-state index contributed by atoms with van der Waals surface area (Å²) in [5, 5.41) is 11.4. The van der Waals surface area contributed by atoms with Gasteiger partial charge in [0, 0.05) is 30.7 Å². The Morgan fingerprint density at radius 1 is 0.893 bits per heavy atom. The van der Waals surface area contributed by atoms with Crippen molar-refractivity contribution in [1.82, 2.24) is 19.6 Å². The lowest BCUT2D eigenvalue weighted by atomic mass is 10.1. The van der Waals surface area contributed by atoms with Gasteiger partial charge in [0.2, 0.25) is 0 Å². The highest BCUT2D eigenvalue weighted by molar-refractivity contribution is 6.04. The number of carbonyl (C=O) groups is 1. The van der Waals surface area contributed by atoms with E-state index in [4.69, 9.17) is 0 Å². The van der Waals surface area contributed by atoms with Crippen molar-refractivity contribution in [2.45, 2.75) is 19.5 Å². The van der Waals surface area contributed by atoms with Gasteiger partial charge in [0.15, 0.2) is 0 Å². The minimum absolute atomic E-state index is 0.145. The fourth-order valence-corrected chi connectivity index (χ4v) is 2.98. The van der Waals surface area contributed by atoms with Gasteiger partial charge in [-0.25, -0.2) is 0 Å². The average Bonchev–Trinajstić information content (AvgIpc) is 3.40. The summed E-state index contributed by atoms with van der Waals surface area (Å²) in [6.07, 6.45) is 8.09. The second-order valence-corrected chi connectivity index (χ2v) is 6.58. The van der Waals surface area contributed by atoms with Gasteiger partial charge in [-0.2, -0.15) is 10.2 Å². The number of nitrogens with one attached hydrogen (secondary N) is 1. The summed E-state index contributed by atoms with van der Waals surface area (Å²) >= 11 is 0. The van der Waals surface area contributed by atoms with E-state index in [1.165, 1.54) is 5.56 Å². The lowest BCUT2D eigenvalue weighted by Crippen LogP contribution is -2.11. The Bertz CT molecular complexity index is 1020. The Kier molecular flexibility index (Phi) is 5.29. The average molecular weight is 371 g/mol. The van der Waals surface area contributed by atoms with E-state index in [0.29, 0.717) is 17.8 Å². The van der Waals surface area contributed by atoms with E-state index >= 15 is 0 Å². The van der Waals surface area contributed by atoms with Gasteiger partial charge >= 0.3 is 0 Å². The van der Waals surface area contributed by atoms with Gasteiger partial charge in [0.1, 0.15) is 0 Å². The standard InChI is InChI=1S/C22H21N5O/c28-22(20-9-7-19(8-10-20)16-26-13-4-12-23-26)25-21-15-24-27(17-21)14-11-18-5-2-1-3-6-18/h1-10,12-13,15,17H,11,14,16H2,(H,25,28). The van der Waals surface area contributed by atoms with Gasteiger partial charge in [-0.3, -0.25) is 14.2 Å². The summed E-state index contributed by atoms with van der Waals surface area (Å²) in [5.74, 6) is -0.145. The molecular formula is C22H21N5O. The predicted octanol–water partition coefficient (Wildman–Crippen LogP) is 3.62. The van der Waals surface area contributed by atoms with Crippen molar-refractivity contribution >= 4 is 11.6 Å². The third-order valence-electron chi connectivity index (χ3n) is 4.48. The smallest absolute Gasteiger partial charge is 0.255 e. The second kappa shape index (κ2) is 8.35. The van der Waals surface area contributed by atoms with Crippen LogP contribution >= 0.6 is 0 Å². The molecule has 0 atom stereocenters. The minimum atomic E-state index is -0.145. The number of rotatable bonds is 7. The van der Waals surface area contributed by atoms with E-state index in [-0.39, 0.29) is 5.91 Å². The SMILES string of the molecule is O=C(Nc1cnn(CCc2ccccc2)c1)c1ccc(Cn2cccn2)cc1. The molecule has 4 rings (SSSR count). The molecule has 2 aromatic heterocycles. The summed E-state index contributed by atoms with van der Waals surface area (Å²) in [4.78, 5) is 12.5. The second-order valence-electron chi connectivity index (χ2n) is 6.58. The molecule has 4 aromatic rings. The molecule has 6 nitrogen and oxygen atoms in total. The number of hydrogen-bond acceptors (Lipinski definition) is 3. The predicted molar refractivity (Wildman–Crippen MR) is 108 cm³/mol. The first-order valence-corrected chi connectivity index (χ1v) is 9.20. The lowest BCUT2D eigenvalue weighted by Gasteiger charge is -2.05. The van der Waals surface area contributed by atoms with Crippen LogP contribution in [-0.2, 0) is 19.5 Å². The number of hydrogen-bond donors (Lipinski definition) is 1. The van der Waals surface area contributed by atoms with E-state index in [0.717, 1.165) is 18.5 Å². The first kappa shape index (κ1) is 17.7. The molecule has 1 amide bonds. The number of benzene rings is 2. The molecule has 0 fully saturated rings. The van der Waals surface area contributed by atoms with Crippen molar-refractivity contribution in [3.8, 4) is 0 Å². The number of carbonyl (C=O) groups excluding carboxylic acids is 1. The summed E-state index contributed by atoms with van der Waals surface area (Å²) in [6, 6.07) is 19.7. The maximum absolute atomic E-state index is 12.5. The van der Waals surface area contributed by atoms with Crippen molar-refractivity contribution in [2.75, 3.05) is 5.32 Å². The Morgan fingerprint density at radius 3 is 2.46 bits per heavy atom. The molecule has 0 spiro atoms. The van der Waals surface area contributed by atoms with Crippen LogP contribution in [0, 0.1) is 0 Å². The zero-order chi connectivity index (χ0) is 19.2. The van der Waals surface area contributed by atoms with Crippen LogP contribution in [0.1, 0.15) is 21.5 Å². The molecule has 0 unspecified atom stereocenters. The first-order chi connectivity index (χ1) is 13.8. The number of aromatic nitrogens is 4. The molecule has 0 saturated heterocycles. The summed E-state index contributed by atoms with van der Waals surface area (Å²) < 4.78 is 3.69. The largest absolute Gasteiger partial charge is 0.319 e. The fraction of sp³-hybridized carbons (Fsp3) is 0.136. The summed E-state index contributed by atoms with van der Waals surface area (Å²) in [6.45, 7) is 1.45. The molecule has 1 N–H and O–H groups in total. The Morgan fingerprint density at radius 2 is 1.71 bits per heavy atom. The molecule has 2 heterocycles. The molecule has 140 valence electrons. The zero-order valence-corrected chi connectivity index (χ0v) is 15.4. The molecular weight excluding hydrogens is 350 g/mol. The van der Waals surface area contributed by atoms with Crippen LogP contribution in [0.2, 0.25) is 0 Å². The minimum Gasteiger partial charge on any atom is -0.319 e. The first-order valence-electron chi connectivity index (χ1n) is 9.20. The van der Waals surface area contributed by atoms with Gasteiger partial charge in [0.25, 0.3) is 5.91 Å². The van der Waals surface area contributed by atoms with Crippen molar-refractivity contribution in [3.05, 3.63) is 102 Å². The number of anilines is 1. The van der Waals surface area contributed by atoms with Crippen LogP contribution in [0.15, 0.2) is 85.5 Å². The van der Waals surface area contributed by atoms with Crippen LogP contribution in [0.4, 0.5) is 5.69 Å². The summed E-state index contributed by atoms with van der Waals surface area (Å²) in [7, 11) is 0. The molecule has 6 heteroatoms. The number of nitrogens with zero attached hydrogens (tertiary/aromatic N) is 4. The lowest BCUT2D eigenvalue weighted by molar-refractivity contribution is 0.102. The van der Waals surface area contributed by atoms with Gasteiger partial charge in [0.05, 0.1) is 18.4 Å². The van der Waals surface area contributed by atoms with Crippen LogP contribution in [-0.4, -0.2) is 25.5 Å². The van der Waals surface area contributed by atoms with E-state index < -0.39 is 0 Å². The van der Waals surface area contributed by atoms with Crippen molar-refractivity contribution in [3.63, 3.8) is 0 Å². The highest BCUT2D eigenvalue weighted by Crippen LogP contribution is 2.11. The van der Waals surface area contributed by atoms with Crippen molar-refractivity contribution in [2.24, 2.45) is 0 Å². The molecule has 0 aliphatic heterocycles. The quantitative estimate of drug-likeness (QED) is 0.540. The third kappa shape index (κ3) is 4.54. The number of amides is 1. The van der Waals surface area contributed by atoms with E-state index in [1.807, 2.05) is 70.3 Å². The summed E-state index contributed by atoms with van der Waals surface area (Å²) in [5.41, 5.74) is 3.66. The highest BCUT2D eigenvalue weighted by Gasteiger charge is 2.08. The maximum atomic E-state index is 12.5. The zero-order valence-electron chi connectivity index (χ0n) is 15.4. The van der Waals surface area contributed by atoms with Gasteiger partial charge in [-0.05, 0) is 35.7 Å². The Labute approximate surface area is 163 Å². The monoisotopic (exact) mass is 371 g/mol. The fourth-order valence-electron chi connectivity index (χ4n) is 2.98. The highest BCUT2D eigenvalue weighted by atomic mass is 16.1. The molecule has 0 bridgehead atoms. The topological polar surface area (TPSA) is 64.7 Å². The number of aryl methyl sites for hydroxylation is 2. The normalized spacial score (nSPS) is 10.7. The van der Waals surface area contributed by atoms with Crippen LogP contribution in [0.5, 0.6) is 0 Å². The Balaban J connectivity index is 1.32. The van der Waals surface area contributed by atoms with E-state index in [1.54, 1.807) is 12.4 Å². The van der Waals surface area contributed by atoms with Gasteiger partial charge in [-0.15, -0.1) is 0 Å². The van der Waals surface area contributed by atoms with E-state index in [9.17, 15) is 4.79 Å². The van der Waals surface area contributed by atoms with Gasteiger partial charge < -0.3 is 5.32 Å². The van der Waals surface area contributed by atoms with Crippen molar-refractivity contribution in [1.29, 1.82) is 0 Å². The van der Waals surface area contributed by atoms with E-state index in [2.05, 4.69) is 27.6 Å². The van der Waals surface area contributed by atoms with Crippen LogP contribution in [0.25, 0.3) is 0 Å². The maximum Gasteiger partial charge on any atom is 0.255 e. The molecule has 28 heavy (non-hydrogen) atoms. The van der Waals surface area contributed by atoms with Crippen LogP contribution < -0.4 is 5.32 Å². The Hall–Kier alpha value is -3.67. The molecule has 2 aromatic carbocycles. The van der Waals surface area contributed by atoms with Gasteiger partial charge in [-0.1, -0.05) is 42.5 Å². The van der Waals surface area contributed by atoms with Crippen molar-refractivity contribution < 1.29 is 4.79 Å². The molecule has 0 radical (unpaired) electrons. The third-order valence-corrected chi connectivity index (χ3v) is 4.48. The van der Waals surface area contributed by atoms with Crippen LogP contribution in [0.3, 0.4) is 0 Å². The molecule has 0 aliphatic rings. The molecule has 0 saturated carbocycles.